The Kier molecular flexibility index (Phi) is 5.50. The van der Waals surface area contributed by atoms with Crippen LogP contribution in [0.4, 0.5) is 4.39 Å². The van der Waals surface area contributed by atoms with Gasteiger partial charge in [-0.3, -0.25) is 4.79 Å². The molecule has 0 saturated heterocycles. The largest absolute Gasteiger partial charge is 0.494 e. The van der Waals surface area contributed by atoms with Gasteiger partial charge in [0.15, 0.2) is 21.4 Å². The molecule has 0 aliphatic carbocycles. The lowest BCUT2D eigenvalue weighted by molar-refractivity contribution is -0.140. The second-order valence-electron chi connectivity index (χ2n) is 4.37. The lowest BCUT2D eigenvalue weighted by atomic mass is 10.2. The molecule has 0 aromatic heterocycles. The summed E-state index contributed by atoms with van der Waals surface area (Å²) in [5, 5.41) is -0.889. The zero-order valence-electron chi connectivity index (χ0n) is 11.6. The van der Waals surface area contributed by atoms with Gasteiger partial charge < -0.3 is 9.47 Å². The molecule has 0 spiro atoms. The highest BCUT2D eigenvalue weighted by molar-refractivity contribution is 7.91. The molecule has 0 fully saturated rings. The Labute approximate surface area is 117 Å². The normalized spacial score (nSPS) is 12.8. The first-order valence-electron chi connectivity index (χ1n) is 5.91. The van der Waals surface area contributed by atoms with Crippen LogP contribution in [0.25, 0.3) is 0 Å². The number of carbonyl (C=O) groups is 1. The van der Waals surface area contributed by atoms with Crippen molar-refractivity contribution in [2.45, 2.75) is 24.3 Å². The van der Waals surface area contributed by atoms with Gasteiger partial charge in [-0.15, -0.1) is 0 Å². The van der Waals surface area contributed by atoms with Gasteiger partial charge in [-0.05, 0) is 24.6 Å². The van der Waals surface area contributed by atoms with E-state index in [9.17, 15) is 17.6 Å². The number of hydrogen-bond acceptors (Lipinski definition) is 5. The van der Waals surface area contributed by atoms with Crippen molar-refractivity contribution in [2.75, 3.05) is 14.2 Å². The molecule has 5 nitrogen and oxygen atoms in total. The average Bonchev–Trinajstić information content (AvgIpc) is 2.38. The maximum atomic E-state index is 13.5. The van der Waals surface area contributed by atoms with Crippen LogP contribution in [0.1, 0.15) is 18.9 Å². The van der Waals surface area contributed by atoms with Crippen LogP contribution < -0.4 is 4.74 Å². The molecule has 1 rings (SSSR count). The van der Waals surface area contributed by atoms with Crippen molar-refractivity contribution in [3.8, 4) is 5.75 Å². The van der Waals surface area contributed by atoms with Crippen molar-refractivity contribution < 1.29 is 27.1 Å². The van der Waals surface area contributed by atoms with Crippen LogP contribution in [-0.4, -0.2) is 33.9 Å². The zero-order chi connectivity index (χ0) is 15.3. The molecule has 7 heteroatoms. The van der Waals surface area contributed by atoms with E-state index in [1.807, 2.05) is 0 Å². The summed E-state index contributed by atoms with van der Waals surface area (Å²) in [6, 6.07) is 3.96. The molecular weight excluding hydrogens is 287 g/mol. The van der Waals surface area contributed by atoms with Gasteiger partial charge >= 0.3 is 5.97 Å². The molecule has 0 aliphatic heterocycles. The predicted molar refractivity (Wildman–Crippen MR) is 71.7 cm³/mol. The molecule has 0 N–H and O–H groups in total. The van der Waals surface area contributed by atoms with E-state index >= 15 is 0 Å². The first-order valence-corrected chi connectivity index (χ1v) is 7.62. The number of esters is 1. The molecule has 0 bridgehead atoms. The van der Waals surface area contributed by atoms with Gasteiger partial charge in [-0.25, -0.2) is 12.8 Å². The molecule has 0 amide bonds. The summed E-state index contributed by atoms with van der Waals surface area (Å²) >= 11 is 0. The number of sulfone groups is 1. The molecule has 0 aliphatic rings. The number of benzene rings is 1. The van der Waals surface area contributed by atoms with E-state index in [0.29, 0.717) is 5.56 Å². The van der Waals surface area contributed by atoms with E-state index in [-0.39, 0.29) is 17.9 Å². The van der Waals surface area contributed by atoms with E-state index in [2.05, 4.69) is 4.74 Å². The maximum Gasteiger partial charge on any atom is 0.306 e. The van der Waals surface area contributed by atoms with Gasteiger partial charge in [0.1, 0.15) is 0 Å². The van der Waals surface area contributed by atoms with Crippen molar-refractivity contribution in [1.82, 2.24) is 0 Å². The fourth-order valence-electron chi connectivity index (χ4n) is 1.62. The number of rotatable bonds is 6. The van der Waals surface area contributed by atoms with Crippen LogP contribution in [0.5, 0.6) is 5.75 Å². The first-order chi connectivity index (χ1) is 9.30. The molecule has 20 heavy (non-hydrogen) atoms. The van der Waals surface area contributed by atoms with E-state index < -0.39 is 26.9 Å². The lowest BCUT2D eigenvalue weighted by Gasteiger charge is -2.12. The molecular formula is C13H17FO5S. The van der Waals surface area contributed by atoms with Crippen LogP contribution in [-0.2, 0) is 25.1 Å². The Hall–Kier alpha value is -1.63. The standard InChI is InChI=1S/C13H17FO5S/c1-9(6-13(15)19-3)20(16,17)8-10-4-5-12(18-2)11(14)7-10/h4-5,7,9H,6,8H2,1-3H3. The summed E-state index contributed by atoms with van der Waals surface area (Å²) in [6.07, 6.45) is -0.225. The molecule has 112 valence electrons. The number of ether oxygens (including phenoxy) is 2. The van der Waals surface area contributed by atoms with Crippen molar-refractivity contribution in [2.24, 2.45) is 0 Å². The summed E-state index contributed by atoms with van der Waals surface area (Å²) < 4.78 is 46.8. The lowest BCUT2D eigenvalue weighted by Crippen LogP contribution is -2.23. The number of methoxy groups -OCH3 is 2. The summed E-state index contributed by atoms with van der Waals surface area (Å²) in [7, 11) is -1.04. The van der Waals surface area contributed by atoms with E-state index in [4.69, 9.17) is 4.74 Å². The molecule has 0 radical (unpaired) electrons. The number of halogens is 1. The van der Waals surface area contributed by atoms with Crippen molar-refractivity contribution in [1.29, 1.82) is 0 Å². The Bertz CT molecular complexity index is 582. The van der Waals surface area contributed by atoms with E-state index in [0.717, 1.165) is 6.07 Å². The highest BCUT2D eigenvalue weighted by Crippen LogP contribution is 2.21. The van der Waals surface area contributed by atoms with Gasteiger partial charge in [-0.1, -0.05) is 6.07 Å². The van der Waals surface area contributed by atoms with Crippen LogP contribution >= 0.6 is 0 Å². The third kappa shape index (κ3) is 4.19. The second-order valence-corrected chi connectivity index (χ2v) is 6.79. The van der Waals surface area contributed by atoms with Crippen LogP contribution in [0.2, 0.25) is 0 Å². The summed E-state index contributed by atoms with van der Waals surface area (Å²) in [6.45, 7) is 1.42. The fourth-order valence-corrected chi connectivity index (χ4v) is 2.94. The van der Waals surface area contributed by atoms with Gasteiger partial charge in [0, 0.05) is 0 Å². The van der Waals surface area contributed by atoms with Crippen LogP contribution in [0, 0.1) is 5.82 Å². The minimum absolute atomic E-state index is 0.0498. The van der Waals surface area contributed by atoms with Gasteiger partial charge in [-0.2, -0.15) is 0 Å². The SMILES string of the molecule is COC(=O)CC(C)S(=O)(=O)Cc1ccc(OC)c(F)c1. The summed E-state index contributed by atoms with van der Waals surface area (Å²) in [4.78, 5) is 11.1. The monoisotopic (exact) mass is 304 g/mol. The predicted octanol–water partition coefficient (Wildman–Crippen LogP) is 1.70. The molecule has 1 aromatic rings. The quantitative estimate of drug-likeness (QED) is 0.748. The zero-order valence-corrected chi connectivity index (χ0v) is 12.4. The second kappa shape index (κ2) is 6.69. The third-order valence-corrected chi connectivity index (χ3v) is 5.01. The summed E-state index contributed by atoms with van der Waals surface area (Å²) in [5.74, 6) is -1.51. The van der Waals surface area contributed by atoms with E-state index in [1.165, 1.54) is 33.3 Å². The van der Waals surface area contributed by atoms with Gasteiger partial charge in [0.05, 0.1) is 31.6 Å². The van der Waals surface area contributed by atoms with Gasteiger partial charge in [0.2, 0.25) is 0 Å². The molecule has 1 unspecified atom stereocenters. The summed E-state index contributed by atoms with van der Waals surface area (Å²) in [5.41, 5.74) is 0.306. The highest BCUT2D eigenvalue weighted by atomic mass is 32.2. The maximum absolute atomic E-state index is 13.5. The molecule has 1 atom stereocenters. The molecule has 0 saturated carbocycles. The van der Waals surface area contributed by atoms with Crippen molar-refractivity contribution in [3.63, 3.8) is 0 Å². The smallest absolute Gasteiger partial charge is 0.306 e. The van der Waals surface area contributed by atoms with Crippen LogP contribution in [0.15, 0.2) is 18.2 Å². The van der Waals surface area contributed by atoms with E-state index in [1.54, 1.807) is 0 Å². The average molecular weight is 304 g/mol. The highest BCUT2D eigenvalue weighted by Gasteiger charge is 2.24. The topological polar surface area (TPSA) is 69.7 Å². The molecule has 0 heterocycles. The first kappa shape index (κ1) is 16.4. The third-order valence-electron chi connectivity index (χ3n) is 2.88. The Morgan fingerprint density at radius 2 is 2.00 bits per heavy atom. The Balaban J connectivity index is 2.85. The molecule has 1 aromatic carbocycles. The minimum Gasteiger partial charge on any atom is -0.494 e. The Morgan fingerprint density at radius 3 is 2.50 bits per heavy atom. The Morgan fingerprint density at radius 1 is 1.35 bits per heavy atom. The van der Waals surface area contributed by atoms with Crippen LogP contribution in [0.3, 0.4) is 0 Å². The minimum atomic E-state index is -3.56. The van der Waals surface area contributed by atoms with Crippen molar-refractivity contribution in [3.05, 3.63) is 29.6 Å². The fraction of sp³-hybridized carbons (Fsp3) is 0.462. The van der Waals surface area contributed by atoms with Gasteiger partial charge in [0.25, 0.3) is 0 Å². The number of hydrogen-bond donors (Lipinski definition) is 0. The van der Waals surface area contributed by atoms with Crippen molar-refractivity contribution >= 4 is 15.8 Å². The number of carbonyl (C=O) groups excluding carboxylic acids is 1.